The Morgan fingerprint density at radius 1 is 1.52 bits per heavy atom. The molecule has 0 radical (unpaired) electrons. The number of rotatable bonds is 4. The van der Waals surface area contributed by atoms with E-state index < -0.39 is 0 Å². The van der Waals surface area contributed by atoms with Gasteiger partial charge in [-0.1, -0.05) is 18.0 Å². The molecule has 0 aromatic heterocycles. The number of anilines is 1. The average molecular weight is 307 g/mol. The normalized spacial score (nSPS) is 21.4. The number of halogens is 1. The SMILES string of the molecule is CCOC(=O)C1CCCC(Nc2cc(C#N)ccc2Cl)C1. The second-order valence-electron chi connectivity index (χ2n) is 5.26. The molecule has 112 valence electrons. The van der Waals surface area contributed by atoms with Crippen LogP contribution in [0.1, 0.15) is 38.2 Å². The largest absolute Gasteiger partial charge is 0.466 e. The predicted molar refractivity (Wildman–Crippen MR) is 82.2 cm³/mol. The Balaban J connectivity index is 2.03. The zero-order chi connectivity index (χ0) is 15.2. The maximum absolute atomic E-state index is 11.8. The van der Waals surface area contributed by atoms with Crippen molar-refractivity contribution in [2.45, 2.75) is 38.6 Å². The van der Waals surface area contributed by atoms with Gasteiger partial charge in [-0.25, -0.2) is 0 Å². The number of nitriles is 1. The van der Waals surface area contributed by atoms with Crippen LogP contribution in [0.25, 0.3) is 0 Å². The maximum atomic E-state index is 11.8. The molecule has 4 nitrogen and oxygen atoms in total. The first-order valence-corrected chi connectivity index (χ1v) is 7.64. The summed E-state index contributed by atoms with van der Waals surface area (Å²) >= 11 is 6.16. The van der Waals surface area contributed by atoms with Crippen LogP contribution in [-0.4, -0.2) is 18.6 Å². The highest BCUT2D eigenvalue weighted by Crippen LogP contribution is 2.30. The minimum absolute atomic E-state index is 0.0471. The number of hydrogen-bond acceptors (Lipinski definition) is 4. The van der Waals surface area contributed by atoms with Crippen LogP contribution in [0.4, 0.5) is 5.69 Å². The lowest BCUT2D eigenvalue weighted by atomic mass is 9.85. The average Bonchev–Trinajstić information content (AvgIpc) is 2.50. The highest BCUT2D eigenvalue weighted by atomic mass is 35.5. The van der Waals surface area contributed by atoms with Crippen LogP contribution in [0.15, 0.2) is 18.2 Å². The van der Waals surface area contributed by atoms with E-state index in [0.29, 0.717) is 17.2 Å². The Labute approximate surface area is 130 Å². The van der Waals surface area contributed by atoms with Gasteiger partial charge in [-0.2, -0.15) is 5.26 Å². The van der Waals surface area contributed by atoms with Gasteiger partial charge in [0.05, 0.1) is 34.9 Å². The number of benzene rings is 1. The zero-order valence-electron chi connectivity index (χ0n) is 12.1. The summed E-state index contributed by atoms with van der Waals surface area (Å²) in [4.78, 5) is 11.8. The van der Waals surface area contributed by atoms with Gasteiger partial charge in [0.1, 0.15) is 0 Å². The molecule has 2 rings (SSSR count). The maximum Gasteiger partial charge on any atom is 0.308 e. The molecule has 0 aliphatic heterocycles. The van der Waals surface area contributed by atoms with Crippen molar-refractivity contribution in [2.24, 2.45) is 5.92 Å². The second-order valence-corrected chi connectivity index (χ2v) is 5.67. The summed E-state index contributed by atoms with van der Waals surface area (Å²) in [5.74, 6) is -0.157. The number of carbonyl (C=O) groups is 1. The van der Waals surface area contributed by atoms with Gasteiger partial charge in [-0.15, -0.1) is 0 Å². The van der Waals surface area contributed by atoms with Crippen LogP contribution in [-0.2, 0) is 9.53 Å². The fourth-order valence-corrected chi connectivity index (χ4v) is 2.89. The number of carbonyl (C=O) groups excluding carboxylic acids is 1. The van der Waals surface area contributed by atoms with Crippen molar-refractivity contribution in [3.8, 4) is 6.07 Å². The van der Waals surface area contributed by atoms with E-state index in [-0.39, 0.29) is 17.9 Å². The number of esters is 1. The van der Waals surface area contributed by atoms with Gasteiger partial charge in [-0.3, -0.25) is 4.79 Å². The lowest BCUT2D eigenvalue weighted by molar-refractivity contribution is -0.149. The van der Waals surface area contributed by atoms with Gasteiger partial charge < -0.3 is 10.1 Å². The third kappa shape index (κ3) is 4.12. The molecule has 1 saturated carbocycles. The quantitative estimate of drug-likeness (QED) is 0.861. The predicted octanol–water partition coefficient (Wildman–Crippen LogP) is 3.75. The molecule has 1 aromatic rings. The van der Waals surface area contributed by atoms with Gasteiger partial charge in [0.25, 0.3) is 0 Å². The van der Waals surface area contributed by atoms with E-state index in [4.69, 9.17) is 21.6 Å². The van der Waals surface area contributed by atoms with Crippen molar-refractivity contribution in [3.63, 3.8) is 0 Å². The fourth-order valence-electron chi connectivity index (χ4n) is 2.72. The monoisotopic (exact) mass is 306 g/mol. The number of hydrogen-bond donors (Lipinski definition) is 1. The third-order valence-electron chi connectivity index (χ3n) is 3.75. The molecular formula is C16H19ClN2O2. The van der Waals surface area contributed by atoms with E-state index in [1.165, 1.54) is 0 Å². The Hall–Kier alpha value is -1.73. The molecule has 1 N–H and O–H groups in total. The van der Waals surface area contributed by atoms with Crippen LogP contribution in [0.2, 0.25) is 5.02 Å². The van der Waals surface area contributed by atoms with Crippen molar-refractivity contribution in [1.29, 1.82) is 5.26 Å². The molecule has 1 aliphatic rings. The summed E-state index contributed by atoms with van der Waals surface area (Å²) < 4.78 is 5.10. The van der Waals surface area contributed by atoms with Crippen LogP contribution >= 0.6 is 11.6 Å². The molecule has 21 heavy (non-hydrogen) atoms. The second kappa shape index (κ2) is 7.33. The van der Waals surface area contributed by atoms with Crippen molar-refractivity contribution in [2.75, 3.05) is 11.9 Å². The van der Waals surface area contributed by atoms with Crippen LogP contribution in [0.3, 0.4) is 0 Å². The molecule has 2 atom stereocenters. The van der Waals surface area contributed by atoms with Crippen molar-refractivity contribution in [1.82, 2.24) is 0 Å². The Kier molecular flexibility index (Phi) is 5.46. The molecule has 0 saturated heterocycles. The fraction of sp³-hybridized carbons (Fsp3) is 0.500. The number of ether oxygens (including phenoxy) is 1. The smallest absolute Gasteiger partial charge is 0.308 e. The van der Waals surface area contributed by atoms with E-state index in [1.54, 1.807) is 18.2 Å². The standard InChI is InChI=1S/C16H19ClN2O2/c1-2-21-16(20)12-4-3-5-13(9-12)19-15-8-11(10-18)6-7-14(15)17/h6-8,12-13,19H,2-5,9H2,1H3. The molecule has 1 fully saturated rings. The lowest BCUT2D eigenvalue weighted by Crippen LogP contribution is -2.32. The van der Waals surface area contributed by atoms with E-state index in [0.717, 1.165) is 31.4 Å². The van der Waals surface area contributed by atoms with E-state index >= 15 is 0 Å². The Morgan fingerprint density at radius 2 is 2.33 bits per heavy atom. The molecule has 2 unspecified atom stereocenters. The van der Waals surface area contributed by atoms with Crippen LogP contribution < -0.4 is 5.32 Å². The summed E-state index contributed by atoms with van der Waals surface area (Å²) in [6, 6.07) is 7.44. The van der Waals surface area contributed by atoms with Gasteiger partial charge in [0, 0.05) is 6.04 Å². The van der Waals surface area contributed by atoms with Gasteiger partial charge in [0.15, 0.2) is 0 Å². The molecule has 1 aromatic carbocycles. The molecular weight excluding hydrogens is 288 g/mol. The summed E-state index contributed by atoms with van der Waals surface area (Å²) in [6.45, 7) is 2.24. The van der Waals surface area contributed by atoms with Crippen LogP contribution in [0, 0.1) is 17.2 Å². The highest BCUT2D eigenvalue weighted by Gasteiger charge is 2.28. The number of nitrogens with zero attached hydrogens (tertiary/aromatic N) is 1. The molecule has 0 amide bonds. The summed E-state index contributed by atoms with van der Waals surface area (Å²) in [7, 11) is 0. The zero-order valence-corrected chi connectivity index (χ0v) is 12.8. The van der Waals surface area contributed by atoms with Crippen molar-refractivity contribution >= 4 is 23.3 Å². The van der Waals surface area contributed by atoms with Crippen molar-refractivity contribution in [3.05, 3.63) is 28.8 Å². The Bertz CT molecular complexity index is 554. The van der Waals surface area contributed by atoms with E-state index in [1.807, 2.05) is 6.92 Å². The molecule has 0 bridgehead atoms. The minimum atomic E-state index is -0.110. The first kappa shape index (κ1) is 15.7. The lowest BCUT2D eigenvalue weighted by Gasteiger charge is -2.29. The molecule has 0 heterocycles. The van der Waals surface area contributed by atoms with E-state index in [9.17, 15) is 4.79 Å². The van der Waals surface area contributed by atoms with Gasteiger partial charge >= 0.3 is 5.97 Å². The summed E-state index contributed by atoms with van der Waals surface area (Å²) in [6.07, 6.45) is 3.59. The molecule has 5 heteroatoms. The Morgan fingerprint density at radius 3 is 3.05 bits per heavy atom. The van der Waals surface area contributed by atoms with Gasteiger partial charge in [-0.05, 0) is 44.4 Å². The van der Waals surface area contributed by atoms with Gasteiger partial charge in [0.2, 0.25) is 0 Å². The highest BCUT2D eigenvalue weighted by molar-refractivity contribution is 6.33. The van der Waals surface area contributed by atoms with E-state index in [2.05, 4.69) is 11.4 Å². The third-order valence-corrected chi connectivity index (χ3v) is 4.08. The topological polar surface area (TPSA) is 62.1 Å². The van der Waals surface area contributed by atoms with Crippen molar-refractivity contribution < 1.29 is 9.53 Å². The molecule has 1 aliphatic carbocycles. The summed E-state index contributed by atoms with van der Waals surface area (Å²) in [5, 5.41) is 12.9. The first-order valence-electron chi connectivity index (χ1n) is 7.26. The minimum Gasteiger partial charge on any atom is -0.466 e. The first-order chi connectivity index (χ1) is 10.1. The van der Waals surface area contributed by atoms with Crippen LogP contribution in [0.5, 0.6) is 0 Å². The summed E-state index contributed by atoms with van der Waals surface area (Å²) in [5.41, 5.74) is 1.32. The number of nitrogens with one attached hydrogen (secondary N) is 1. The molecule has 0 spiro atoms.